The fraction of sp³-hybridized carbons (Fsp3) is 0.316. The van der Waals surface area contributed by atoms with Crippen LogP contribution in [0.25, 0.3) is 0 Å². The zero-order valence-corrected chi connectivity index (χ0v) is 14.6. The van der Waals surface area contributed by atoms with Gasteiger partial charge >= 0.3 is 0 Å². The van der Waals surface area contributed by atoms with Crippen LogP contribution in [0.15, 0.2) is 42.6 Å². The number of hydrogen-bond acceptors (Lipinski definition) is 5. The molecule has 1 aliphatic rings. The van der Waals surface area contributed by atoms with Gasteiger partial charge in [0.15, 0.2) is 11.5 Å². The van der Waals surface area contributed by atoms with E-state index in [0.29, 0.717) is 30.3 Å². The van der Waals surface area contributed by atoms with Gasteiger partial charge < -0.3 is 19.7 Å². The highest BCUT2D eigenvalue weighted by atomic mass is 16.5. The van der Waals surface area contributed by atoms with Gasteiger partial charge in [-0.3, -0.25) is 9.59 Å². The summed E-state index contributed by atoms with van der Waals surface area (Å²) in [6, 6.07) is 10.9. The largest absolute Gasteiger partial charge is 0.493 e. The van der Waals surface area contributed by atoms with Crippen LogP contribution in [0, 0.1) is 0 Å². The number of ether oxygens (including phenoxy) is 2. The zero-order valence-electron chi connectivity index (χ0n) is 14.6. The van der Waals surface area contributed by atoms with Gasteiger partial charge in [0, 0.05) is 31.3 Å². The number of amides is 2. The highest BCUT2D eigenvalue weighted by Crippen LogP contribution is 2.31. The van der Waals surface area contributed by atoms with Crippen LogP contribution in [0.4, 0.5) is 0 Å². The van der Waals surface area contributed by atoms with Crippen LogP contribution in [0.1, 0.15) is 18.4 Å². The topological polar surface area (TPSA) is 80.8 Å². The molecule has 0 spiro atoms. The van der Waals surface area contributed by atoms with Gasteiger partial charge in [-0.15, -0.1) is 0 Å². The van der Waals surface area contributed by atoms with E-state index in [1.165, 1.54) is 0 Å². The lowest BCUT2D eigenvalue weighted by molar-refractivity contribution is -0.133. The average molecular weight is 355 g/mol. The molecule has 3 rings (SSSR count). The van der Waals surface area contributed by atoms with Crippen molar-refractivity contribution in [3.05, 3.63) is 48.2 Å². The molecule has 0 aliphatic carbocycles. The molecule has 0 atom stereocenters. The number of benzene rings is 1. The van der Waals surface area contributed by atoms with Crippen LogP contribution in [-0.4, -0.2) is 41.9 Å². The number of nitrogens with one attached hydrogen (secondary N) is 1. The van der Waals surface area contributed by atoms with E-state index in [0.717, 1.165) is 12.0 Å². The third kappa shape index (κ3) is 4.30. The van der Waals surface area contributed by atoms with Crippen molar-refractivity contribution in [2.75, 3.05) is 20.2 Å². The van der Waals surface area contributed by atoms with Crippen molar-refractivity contribution in [2.24, 2.45) is 0 Å². The lowest BCUT2D eigenvalue weighted by Gasteiger charge is -2.16. The summed E-state index contributed by atoms with van der Waals surface area (Å²) in [6.07, 6.45) is 2.96. The van der Waals surface area contributed by atoms with Gasteiger partial charge in [-0.2, -0.15) is 0 Å². The second kappa shape index (κ2) is 8.33. The molecule has 1 fully saturated rings. The summed E-state index contributed by atoms with van der Waals surface area (Å²) in [7, 11) is 1.57. The molecule has 1 saturated heterocycles. The monoisotopic (exact) mass is 355 g/mol. The molecule has 1 N–H and O–H groups in total. The van der Waals surface area contributed by atoms with E-state index in [1.807, 2.05) is 18.2 Å². The maximum Gasteiger partial charge on any atom is 0.239 e. The van der Waals surface area contributed by atoms with Gasteiger partial charge in [0.05, 0.1) is 13.7 Å². The molecule has 2 amide bonds. The Bertz CT molecular complexity index is 794. The molecule has 7 nitrogen and oxygen atoms in total. The minimum Gasteiger partial charge on any atom is -0.493 e. The van der Waals surface area contributed by atoms with Gasteiger partial charge in [-0.1, -0.05) is 18.2 Å². The number of nitrogens with zero attached hydrogens (tertiary/aromatic N) is 2. The van der Waals surface area contributed by atoms with Gasteiger partial charge in [-0.25, -0.2) is 4.98 Å². The second-order valence-electron chi connectivity index (χ2n) is 5.92. The van der Waals surface area contributed by atoms with Crippen LogP contribution in [0.5, 0.6) is 17.4 Å². The molecule has 1 aromatic heterocycles. The summed E-state index contributed by atoms with van der Waals surface area (Å²) in [6.45, 7) is 0.988. The Kier molecular flexibility index (Phi) is 5.68. The molecule has 136 valence electrons. The van der Waals surface area contributed by atoms with Gasteiger partial charge in [0.25, 0.3) is 0 Å². The molecule has 7 heteroatoms. The number of aromatic nitrogens is 1. The van der Waals surface area contributed by atoms with Crippen LogP contribution in [0.3, 0.4) is 0 Å². The van der Waals surface area contributed by atoms with Gasteiger partial charge in [0.2, 0.25) is 17.7 Å². The lowest BCUT2D eigenvalue weighted by Crippen LogP contribution is -2.37. The number of carbonyl (C=O) groups is 2. The van der Waals surface area contributed by atoms with Crippen molar-refractivity contribution in [1.82, 2.24) is 15.2 Å². The Morgan fingerprint density at radius 1 is 1.23 bits per heavy atom. The number of pyridine rings is 1. The number of likely N-dealkylation sites (tertiary alicyclic amines) is 1. The SMILES string of the molecule is COc1ccccc1Oc1ncccc1CNC(=O)CN1CCCC1=O. The predicted molar refractivity (Wildman–Crippen MR) is 95.0 cm³/mol. The Morgan fingerprint density at radius 2 is 2.04 bits per heavy atom. The Labute approximate surface area is 151 Å². The molecule has 1 aromatic carbocycles. The van der Waals surface area contributed by atoms with E-state index in [4.69, 9.17) is 9.47 Å². The average Bonchev–Trinajstić information content (AvgIpc) is 3.06. The predicted octanol–water partition coefficient (Wildman–Crippen LogP) is 2.12. The highest BCUT2D eigenvalue weighted by Gasteiger charge is 2.22. The number of methoxy groups -OCH3 is 1. The van der Waals surface area contributed by atoms with E-state index in [-0.39, 0.29) is 24.9 Å². The summed E-state index contributed by atoms with van der Waals surface area (Å²) in [4.78, 5) is 29.5. The fourth-order valence-corrected chi connectivity index (χ4v) is 2.75. The first-order valence-electron chi connectivity index (χ1n) is 8.46. The number of rotatable bonds is 7. The van der Waals surface area contributed by atoms with Crippen molar-refractivity contribution in [1.29, 1.82) is 0 Å². The molecule has 0 unspecified atom stereocenters. The van der Waals surface area contributed by atoms with Crippen molar-refractivity contribution in [2.45, 2.75) is 19.4 Å². The molecule has 2 heterocycles. The highest BCUT2D eigenvalue weighted by molar-refractivity contribution is 5.85. The molecule has 2 aromatic rings. The summed E-state index contributed by atoms with van der Waals surface area (Å²) in [5.74, 6) is 1.37. The molecule has 0 bridgehead atoms. The van der Waals surface area contributed by atoms with Gasteiger partial charge in [0.1, 0.15) is 0 Å². The summed E-state index contributed by atoms with van der Waals surface area (Å²) < 4.78 is 11.1. The second-order valence-corrected chi connectivity index (χ2v) is 5.92. The van der Waals surface area contributed by atoms with E-state index < -0.39 is 0 Å². The van der Waals surface area contributed by atoms with Crippen LogP contribution in [-0.2, 0) is 16.1 Å². The quantitative estimate of drug-likeness (QED) is 0.823. The number of para-hydroxylation sites is 2. The molecular formula is C19H21N3O4. The normalized spacial score (nSPS) is 13.6. The van der Waals surface area contributed by atoms with E-state index in [9.17, 15) is 9.59 Å². The third-order valence-corrected chi connectivity index (χ3v) is 4.11. The summed E-state index contributed by atoms with van der Waals surface area (Å²) in [5.41, 5.74) is 0.736. The van der Waals surface area contributed by atoms with Crippen molar-refractivity contribution >= 4 is 11.8 Å². The number of carbonyl (C=O) groups excluding carboxylic acids is 2. The Hall–Kier alpha value is -3.09. The van der Waals surface area contributed by atoms with Crippen molar-refractivity contribution < 1.29 is 19.1 Å². The first-order valence-corrected chi connectivity index (χ1v) is 8.46. The van der Waals surface area contributed by atoms with Crippen LogP contribution in [0.2, 0.25) is 0 Å². The first kappa shape index (κ1) is 17.7. The maximum absolute atomic E-state index is 12.1. The van der Waals surface area contributed by atoms with Gasteiger partial charge in [-0.05, 0) is 24.6 Å². The standard InChI is InChI=1S/C19H21N3O4/c1-25-15-7-2-3-8-16(15)26-19-14(6-4-10-20-19)12-21-17(23)13-22-11-5-9-18(22)24/h2-4,6-8,10H,5,9,11-13H2,1H3,(H,21,23). The van der Waals surface area contributed by atoms with Crippen molar-refractivity contribution in [3.63, 3.8) is 0 Å². The minimum atomic E-state index is -0.202. The zero-order chi connectivity index (χ0) is 18.4. The fourth-order valence-electron chi connectivity index (χ4n) is 2.75. The van der Waals surface area contributed by atoms with Crippen LogP contribution >= 0.6 is 0 Å². The summed E-state index contributed by atoms with van der Waals surface area (Å²) in [5, 5.41) is 2.82. The number of hydrogen-bond donors (Lipinski definition) is 1. The maximum atomic E-state index is 12.1. The molecular weight excluding hydrogens is 334 g/mol. The Balaban J connectivity index is 1.63. The van der Waals surface area contributed by atoms with E-state index >= 15 is 0 Å². The Morgan fingerprint density at radius 3 is 2.77 bits per heavy atom. The smallest absolute Gasteiger partial charge is 0.239 e. The molecule has 0 saturated carbocycles. The molecule has 0 radical (unpaired) electrons. The third-order valence-electron chi connectivity index (χ3n) is 4.11. The molecule has 26 heavy (non-hydrogen) atoms. The lowest BCUT2D eigenvalue weighted by atomic mass is 10.2. The van der Waals surface area contributed by atoms with Crippen LogP contribution < -0.4 is 14.8 Å². The molecule has 1 aliphatic heterocycles. The first-order chi connectivity index (χ1) is 12.7. The van der Waals surface area contributed by atoms with E-state index in [2.05, 4.69) is 10.3 Å². The summed E-state index contributed by atoms with van der Waals surface area (Å²) >= 11 is 0. The minimum absolute atomic E-state index is 0.0294. The van der Waals surface area contributed by atoms with Crippen molar-refractivity contribution in [3.8, 4) is 17.4 Å². The van der Waals surface area contributed by atoms with E-state index in [1.54, 1.807) is 36.4 Å².